The zero-order valence-electron chi connectivity index (χ0n) is 12.9. The Labute approximate surface area is 140 Å². The predicted molar refractivity (Wildman–Crippen MR) is 93.1 cm³/mol. The van der Waals surface area contributed by atoms with Gasteiger partial charge in [0.25, 0.3) is 0 Å². The van der Waals surface area contributed by atoms with Crippen molar-refractivity contribution in [2.75, 3.05) is 31.1 Å². The molecule has 0 aromatic heterocycles. The molecule has 2 heterocycles. The van der Waals surface area contributed by atoms with Crippen molar-refractivity contribution in [1.82, 2.24) is 10.6 Å². The first-order chi connectivity index (χ1) is 10.7. The average molecular weight is 366 g/mol. The second-order valence-corrected chi connectivity index (χ2v) is 7.29. The first kappa shape index (κ1) is 15.8. The van der Waals surface area contributed by atoms with Crippen LogP contribution in [0.5, 0.6) is 0 Å². The SMILES string of the molecule is O=C(CCC1CCNC1)NC1CCN(c2ccc(Br)cc2)C1. The summed E-state index contributed by atoms with van der Waals surface area (Å²) in [6.07, 6.45) is 3.93. The number of carbonyl (C=O) groups excluding carboxylic acids is 1. The highest BCUT2D eigenvalue weighted by Gasteiger charge is 2.24. The molecule has 0 radical (unpaired) electrons. The van der Waals surface area contributed by atoms with E-state index in [1.165, 1.54) is 12.1 Å². The summed E-state index contributed by atoms with van der Waals surface area (Å²) < 4.78 is 1.10. The van der Waals surface area contributed by atoms with Gasteiger partial charge >= 0.3 is 0 Å². The summed E-state index contributed by atoms with van der Waals surface area (Å²) in [6.45, 7) is 4.11. The number of hydrogen-bond donors (Lipinski definition) is 2. The average Bonchev–Trinajstić information content (AvgIpc) is 3.17. The molecule has 0 bridgehead atoms. The van der Waals surface area contributed by atoms with E-state index >= 15 is 0 Å². The Balaban J connectivity index is 1.42. The van der Waals surface area contributed by atoms with E-state index in [1.807, 2.05) is 0 Å². The number of halogens is 1. The van der Waals surface area contributed by atoms with Crippen LogP contribution in [-0.2, 0) is 4.79 Å². The van der Waals surface area contributed by atoms with Crippen LogP contribution in [-0.4, -0.2) is 38.1 Å². The number of nitrogens with zero attached hydrogens (tertiary/aromatic N) is 1. The maximum absolute atomic E-state index is 12.1. The molecule has 2 unspecified atom stereocenters. The topological polar surface area (TPSA) is 44.4 Å². The monoisotopic (exact) mass is 365 g/mol. The van der Waals surface area contributed by atoms with E-state index in [9.17, 15) is 4.79 Å². The second-order valence-electron chi connectivity index (χ2n) is 6.37. The van der Waals surface area contributed by atoms with Gasteiger partial charge in [-0.2, -0.15) is 0 Å². The molecule has 3 rings (SSSR count). The third kappa shape index (κ3) is 4.23. The number of hydrogen-bond acceptors (Lipinski definition) is 3. The Morgan fingerprint density at radius 3 is 2.86 bits per heavy atom. The van der Waals surface area contributed by atoms with Crippen molar-refractivity contribution < 1.29 is 4.79 Å². The van der Waals surface area contributed by atoms with E-state index < -0.39 is 0 Å². The van der Waals surface area contributed by atoms with Crippen LogP contribution >= 0.6 is 15.9 Å². The van der Waals surface area contributed by atoms with Crippen LogP contribution in [0.25, 0.3) is 0 Å². The van der Waals surface area contributed by atoms with Gasteiger partial charge in [0.15, 0.2) is 0 Å². The smallest absolute Gasteiger partial charge is 0.220 e. The van der Waals surface area contributed by atoms with Crippen molar-refractivity contribution in [2.24, 2.45) is 5.92 Å². The van der Waals surface area contributed by atoms with Crippen molar-refractivity contribution in [2.45, 2.75) is 31.7 Å². The Morgan fingerprint density at radius 1 is 1.32 bits per heavy atom. The lowest BCUT2D eigenvalue weighted by Gasteiger charge is -2.19. The van der Waals surface area contributed by atoms with E-state index in [-0.39, 0.29) is 11.9 Å². The van der Waals surface area contributed by atoms with E-state index in [0.29, 0.717) is 12.3 Å². The van der Waals surface area contributed by atoms with Gasteiger partial charge in [-0.1, -0.05) is 15.9 Å². The standard InChI is InChI=1S/C17H24BrN3O/c18-14-2-4-16(5-3-14)21-10-8-15(12-21)20-17(22)6-1-13-7-9-19-11-13/h2-5,13,15,19H,1,6-12H2,(H,20,22). The quantitative estimate of drug-likeness (QED) is 0.842. The molecule has 1 aromatic rings. The summed E-state index contributed by atoms with van der Waals surface area (Å²) >= 11 is 3.46. The van der Waals surface area contributed by atoms with Crippen LogP contribution in [0.3, 0.4) is 0 Å². The lowest BCUT2D eigenvalue weighted by molar-refractivity contribution is -0.121. The number of anilines is 1. The van der Waals surface area contributed by atoms with Gasteiger partial charge in [0.2, 0.25) is 5.91 Å². The zero-order chi connectivity index (χ0) is 15.4. The highest BCUT2D eigenvalue weighted by Crippen LogP contribution is 2.22. The van der Waals surface area contributed by atoms with Crippen LogP contribution in [0.15, 0.2) is 28.7 Å². The minimum Gasteiger partial charge on any atom is -0.369 e. The Hall–Kier alpha value is -1.07. The van der Waals surface area contributed by atoms with Crippen molar-refractivity contribution in [3.63, 3.8) is 0 Å². The summed E-state index contributed by atoms with van der Waals surface area (Å²) in [5.41, 5.74) is 1.23. The molecule has 120 valence electrons. The molecule has 2 fully saturated rings. The number of nitrogens with one attached hydrogen (secondary N) is 2. The molecule has 4 nitrogen and oxygen atoms in total. The molecule has 2 aliphatic rings. The fraction of sp³-hybridized carbons (Fsp3) is 0.588. The first-order valence-corrected chi connectivity index (χ1v) is 9.00. The zero-order valence-corrected chi connectivity index (χ0v) is 14.4. The maximum atomic E-state index is 12.1. The Kier molecular flexibility index (Phi) is 5.37. The highest BCUT2D eigenvalue weighted by molar-refractivity contribution is 9.10. The van der Waals surface area contributed by atoms with Crippen molar-refractivity contribution in [3.05, 3.63) is 28.7 Å². The molecule has 2 N–H and O–H groups in total. The van der Waals surface area contributed by atoms with Crippen LogP contribution in [0.1, 0.15) is 25.7 Å². The summed E-state index contributed by atoms with van der Waals surface area (Å²) in [7, 11) is 0. The molecule has 2 aliphatic heterocycles. The summed E-state index contributed by atoms with van der Waals surface area (Å²) in [5, 5.41) is 6.56. The third-order valence-corrected chi connectivity index (χ3v) is 5.22. The third-order valence-electron chi connectivity index (χ3n) is 4.69. The molecular weight excluding hydrogens is 342 g/mol. The molecule has 22 heavy (non-hydrogen) atoms. The molecule has 0 spiro atoms. The Bertz CT molecular complexity index is 499. The lowest BCUT2D eigenvalue weighted by atomic mass is 10.0. The van der Waals surface area contributed by atoms with E-state index in [1.54, 1.807) is 0 Å². The first-order valence-electron chi connectivity index (χ1n) is 8.21. The maximum Gasteiger partial charge on any atom is 0.220 e. The molecule has 2 saturated heterocycles. The Morgan fingerprint density at radius 2 is 2.14 bits per heavy atom. The minimum atomic E-state index is 0.217. The second kappa shape index (κ2) is 7.47. The van der Waals surface area contributed by atoms with E-state index in [4.69, 9.17) is 0 Å². The van der Waals surface area contributed by atoms with Gasteiger partial charge in [0, 0.05) is 35.7 Å². The number of benzene rings is 1. The van der Waals surface area contributed by atoms with Crippen molar-refractivity contribution in [3.8, 4) is 0 Å². The molecular formula is C17H24BrN3O. The van der Waals surface area contributed by atoms with Gasteiger partial charge in [-0.15, -0.1) is 0 Å². The van der Waals surface area contributed by atoms with Gasteiger partial charge in [-0.05, 0) is 62.5 Å². The van der Waals surface area contributed by atoms with Crippen LogP contribution in [0, 0.1) is 5.92 Å². The highest BCUT2D eigenvalue weighted by atomic mass is 79.9. The van der Waals surface area contributed by atoms with E-state index in [0.717, 1.165) is 43.5 Å². The van der Waals surface area contributed by atoms with Gasteiger partial charge in [-0.3, -0.25) is 4.79 Å². The summed E-state index contributed by atoms with van der Waals surface area (Å²) in [5.74, 6) is 0.906. The summed E-state index contributed by atoms with van der Waals surface area (Å²) in [6, 6.07) is 8.68. The number of rotatable bonds is 5. The molecule has 1 aromatic carbocycles. The fourth-order valence-electron chi connectivity index (χ4n) is 3.36. The normalized spacial score (nSPS) is 24.7. The van der Waals surface area contributed by atoms with Crippen molar-refractivity contribution in [1.29, 1.82) is 0 Å². The molecule has 2 atom stereocenters. The van der Waals surface area contributed by atoms with Gasteiger partial charge < -0.3 is 15.5 Å². The minimum absolute atomic E-state index is 0.217. The van der Waals surface area contributed by atoms with Crippen molar-refractivity contribution >= 4 is 27.5 Å². The van der Waals surface area contributed by atoms with Crippen LogP contribution < -0.4 is 15.5 Å². The molecule has 0 aliphatic carbocycles. The van der Waals surface area contributed by atoms with Gasteiger partial charge in [0.1, 0.15) is 0 Å². The largest absolute Gasteiger partial charge is 0.369 e. The summed E-state index contributed by atoms with van der Waals surface area (Å²) in [4.78, 5) is 14.4. The fourth-order valence-corrected chi connectivity index (χ4v) is 3.62. The van der Waals surface area contributed by atoms with E-state index in [2.05, 4.69) is 55.7 Å². The van der Waals surface area contributed by atoms with Gasteiger partial charge in [0.05, 0.1) is 0 Å². The number of amides is 1. The molecule has 1 amide bonds. The number of carbonyl (C=O) groups is 1. The van der Waals surface area contributed by atoms with Crippen LogP contribution in [0.4, 0.5) is 5.69 Å². The molecule has 5 heteroatoms. The van der Waals surface area contributed by atoms with Gasteiger partial charge in [-0.25, -0.2) is 0 Å². The molecule has 0 saturated carbocycles. The predicted octanol–water partition coefficient (Wildman–Crippen LogP) is 2.53. The lowest BCUT2D eigenvalue weighted by Crippen LogP contribution is -2.37. The van der Waals surface area contributed by atoms with Crippen LogP contribution in [0.2, 0.25) is 0 Å².